The molecular formula is C20H19N3O3. The van der Waals surface area contributed by atoms with E-state index in [0.717, 1.165) is 5.56 Å². The highest BCUT2D eigenvalue weighted by atomic mass is 16.5. The highest BCUT2D eigenvalue weighted by Gasteiger charge is 2.22. The number of hydrogen-bond donors (Lipinski definition) is 2. The number of nitrogens with zero attached hydrogens (tertiary/aromatic N) is 2. The van der Waals surface area contributed by atoms with Crippen molar-refractivity contribution in [2.24, 2.45) is 4.99 Å². The zero-order chi connectivity index (χ0) is 18.5. The highest BCUT2D eigenvalue weighted by molar-refractivity contribution is 5.97. The van der Waals surface area contributed by atoms with E-state index in [0.29, 0.717) is 28.8 Å². The number of anilines is 1. The maximum Gasteiger partial charge on any atom is 0.346 e. The van der Waals surface area contributed by atoms with E-state index in [1.807, 2.05) is 36.4 Å². The molecule has 3 rings (SSSR count). The molecular weight excluding hydrogens is 330 g/mol. The van der Waals surface area contributed by atoms with Gasteiger partial charge in [-0.2, -0.15) is 5.06 Å². The summed E-state index contributed by atoms with van der Waals surface area (Å²) in [4.78, 5) is 16.6. The van der Waals surface area contributed by atoms with Crippen molar-refractivity contribution < 1.29 is 14.7 Å². The number of hydrogen-bond acceptors (Lipinski definition) is 4. The van der Waals surface area contributed by atoms with Crippen molar-refractivity contribution in [1.82, 2.24) is 5.32 Å². The van der Waals surface area contributed by atoms with Crippen molar-refractivity contribution in [2.45, 2.75) is 19.0 Å². The Morgan fingerprint density at radius 2 is 2.12 bits per heavy atom. The van der Waals surface area contributed by atoms with Crippen LogP contribution in [0.5, 0.6) is 0 Å². The van der Waals surface area contributed by atoms with Gasteiger partial charge in [-0.05, 0) is 30.7 Å². The Morgan fingerprint density at radius 3 is 2.85 bits per heavy atom. The van der Waals surface area contributed by atoms with Crippen LogP contribution in [-0.2, 0) is 4.74 Å². The molecule has 2 atom stereocenters. The smallest absolute Gasteiger partial charge is 0.346 e. The number of benzene rings is 2. The third kappa shape index (κ3) is 3.85. The molecule has 132 valence electrons. The van der Waals surface area contributed by atoms with Crippen LogP contribution in [0.25, 0.3) is 0 Å². The molecule has 0 spiro atoms. The summed E-state index contributed by atoms with van der Waals surface area (Å²) in [5, 5.41) is 13.1. The second-order valence-corrected chi connectivity index (χ2v) is 5.87. The Bertz CT molecular complexity index is 858. The summed E-state index contributed by atoms with van der Waals surface area (Å²) >= 11 is 0. The van der Waals surface area contributed by atoms with Crippen molar-refractivity contribution in [3.63, 3.8) is 0 Å². The lowest BCUT2D eigenvalue weighted by Crippen LogP contribution is -2.41. The minimum Gasteiger partial charge on any atom is -0.475 e. The van der Waals surface area contributed by atoms with Gasteiger partial charge in [0.2, 0.25) is 5.90 Å². The molecule has 1 aliphatic rings. The lowest BCUT2D eigenvalue weighted by molar-refractivity contribution is 0.203. The van der Waals surface area contributed by atoms with Crippen LogP contribution in [0, 0.1) is 12.3 Å². The number of aliphatic imine (C=N–C) groups is 1. The largest absolute Gasteiger partial charge is 0.475 e. The van der Waals surface area contributed by atoms with Crippen molar-refractivity contribution in [3.05, 3.63) is 65.7 Å². The van der Waals surface area contributed by atoms with Crippen molar-refractivity contribution in [2.75, 3.05) is 11.7 Å². The molecule has 26 heavy (non-hydrogen) atoms. The van der Waals surface area contributed by atoms with Crippen molar-refractivity contribution >= 4 is 17.6 Å². The van der Waals surface area contributed by atoms with Crippen molar-refractivity contribution in [1.29, 1.82) is 0 Å². The molecule has 2 aromatic carbocycles. The van der Waals surface area contributed by atoms with E-state index in [9.17, 15) is 10.0 Å². The summed E-state index contributed by atoms with van der Waals surface area (Å²) in [5.74, 6) is 2.85. The maximum absolute atomic E-state index is 12.0. The first-order valence-corrected chi connectivity index (χ1v) is 8.20. The Labute approximate surface area is 152 Å². The molecule has 2 amide bonds. The van der Waals surface area contributed by atoms with Gasteiger partial charge in [0.15, 0.2) is 0 Å². The fourth-order valence-corrected chi connectivity index (χ4v) is 2.55. The number of rotatable bonds is 4. The molecule has 0 aliphatic carbocycles. The highest BCUT2D eigenvalue weighted by Crippen LogP contribution is 2.26. The summed E-state index contributed by atoms with van der Waals surface area (Å²) in [7, 11) is 0. The second kappa shape index (κ2) is 7.72. The minimum atomic E-state index is -0.705. The van der Waals surface area contributed by atoms with E-state index in [2.05, 4.69) is 16.2 Å². The number of carbonyl (C=O) groups excluding carboxylic acids is 1. The normalized spacial score (nSPS) is 16.8. The third-order valence-corrected chi connectivity index (χ3v) is 3.96. The van der Waals surface area contributed by atoms with E-state index < -0.39 is 12.1 Å². The van der Waals surface area contributed by atoms with Crippen LogP contribution < -0.4 is 10.4 Å². The van der Waals surface area contributed by atoms with Gasteiger partial charge in [-0.15, -0.1) is 6.42 Å². The molecule has 0 aromatic heterocycles. The fraction of sp³-hybridized carbons (Fsp3) is 0.200. The minimum absolute atomic E-state index is 0.0696. The third-order valence-electron chi connectivity index (χ3n) is 3.96. The van der Waals surface area contributed by atoms with Gasteiger partial charge in [-0.25, -0.2) is 9.79 Å². The quantitative estimate of drug-likeness (QED) is 0.506. The predicted molar refractivity (Wildman–Crippen MR) is 99.2 cm³/mol. The molecule has 0 saturated heterocycles. The van der Waals surface area contributed by atoms with E-state index in [1.165, 1.54) is 0 Å². The van der Waals surface area contributed by atoms with E-state index in [1.54, 1.807) is 25.1 Å². The van der Waals surface area contributed by atoms with Crippen molar-refractivity contribution in [3.8, 4) is 12.3 Å². The molecule has 0 saturated carbocycles. The first-order chi connectivity index (χ1) is 12.6. The topological polar surface area (TPSA) is 74.2 Å². The Hall–Kier alpha value is -3.30. The Kier molecular flexibility index (Phi) is 5.20. The molecule has 6 nitrogen and oxygen atoms in total. The van der Waals surface area contributed by atoms with E-state index >= 15 is 0 Å². The molecule has 1 heterocycles. The zero-order valence-corrected chi connectivity index (χ0v) is 14.3. The van der Waals surface area contributed by atoms with Gasteiger partial charge in [-0.3, -0.25) is 5.21 Å². The van der Waals surface area contributed by atoms with E-state index in [-0.39, 0.29) is 6.04 Å². The number of nitrogens with one attached hydrogen (secondary N) is 1. The number of amides is 2. The van der Waals surface area contributed by atoms with E-state index in [4.69, 9.17) is 11.2 Å². The van der Waals surface area contributed by atoms with Gasteiger partial charge in [-0.1, -0.05) is 42.3 Å². The number of terminal acetylenes is 1. The summed E-state index contributed by atoms with van der Waals surface area (Å²) in [6.07, 6.45) is 5.23. The van der Waals surface area contributed by atoms with Gasteiger partial charge in [0.05, 0.1) is 11.7 Å². The zero-order valence-electron chi connectivity index (χ0n) is 14.3. The Morgan fingerprint density at radius 1 is 1.35 bits per heavy atom. The van der Waals surface area contributed by atoms with Crippen LogP contribution >= 0.6 is 0 Å². The summed E-state index contributed by atoms with van der Waals surface area (Å²) in [6, 6.07) is 15.4. The Balaban J connectivity index is 1.77. The van der Waals surface area contributed by atoms with Crippen LogP contribution in [0.3, 0.4) is 0 Å². The monoisotopic (exact) mass is 349 g/mol. The van der Waals surface area contributed by atoms with Crippen LogP contribution in [0.4, 0.5) is 10.5 Å². The standard InChI is InChI=1S/C20H19N3O3/c1-3-14(2)21-20(24)23(25)17-11-7-10-16(12-17)19-22-18(13-26-19)15-8-5-4-6-9-15/h1,4-12,14,18,25H,13H2,2H3,(H,21,24)/t14?,18-/m0/s1. The molecule has 2 N–H and O–H groups in total. The molecule has 0 bridgehead atoms. The average Bonchev–Trinajstić information content (AvgIpc) is 3.18. The molecule has 6 heteroatoms. The van der Waals surface area contributed by atoms with Gasteiger partial charge < -0.3 is 10.1 Å². The predicted octanol–water partition coefficient (Wildman–Crippen LogP) is 3.13. The first-order valence-electron chi connectivity index (χ1n) is 8.20. The summed E-state index contributed by atoms with van der Waals surface area (Å²) in [6.45, 7) is 2.10. The SMILES string of the molecule is C#CC(C)NC(=O)N(O)c1cccc(C2=N[C@H](c3ccccc3)CO2)c1. The number of ether oxygens (including phenoxy) is 1. The van der Waals surface area contributed by atoms with Crippen LogP contribution in [0.2, 0.25) is 0 Å². The molecule has 1 aliphatic heterocycles. The molecule has 2 aromatic rings. The van der Waals surface area contributed by atoms with Gasteiger partial charge >= 0.3 is 6.03 Å². The lowest BCUT2D eigenvalue weighted by atomic mass is 10.1. The summed E-state index contributed by atoms with van der Waals surface area (Å²) < 4.78 is 5.71. The number of urea groups is 1. The average molecular weight is 349 g/mol. The number of hydroxylamine groups is 1. The van der Waals surface area contributed by atoms with Gasteiger partial charge in [0.1, 0.15) is 12.6 Å². The molecule has 1 unspecified atom stereocenters. The molecule has 0 fully saturated rings. The van der Waals surface area contributed by atoms with Gasteiger partial charge in [0.25, 0.3) is 0 Å². The van der Waals surface area contributed by atoms with Crippen LogP contribution in [0.1, 0.15) is 24.1 Å². The lowest BCUT2D eigenvalue weighted by Gasteiger charge is -2.17. The first kappa shape index (κ1) is 17.5. The van der Waals surface area contributed by atoms with Crippen LogP contribution in [0.15, 0.2) is 59.6 Å². The number of carbonyl (C=O) groups is 1. The fourth-order valence-electron chi connectivity index (χ4n) is 2.55. The second-order valence-electron chi connectivity index (χ2n) is 5.87. The molecule has 0 radical (unpaired) electrons. The summed E-state index contributed by atoms with van der Waals surface area (Å²) in [5.41, 5.74) is 2.04. The van der Waals surface area contributed by atoms with Crippen LogP contribution in [-0.4, -0.2) is 29.8 Å². The van der Waals surface area contributed by atoms with Gasteiger partial charge in [0, 0.05) is 5.56 Å². The maximum atomic E-state index is 12.0.